The molecule has 1 aromatic heterocycles. The van der Waals surface area contributed by atoms with Crippen molar-refractivity contribution in [3.63, 3.8) is 0 Å². The Labute approximate surface area is 120 Å². The summed E-state index contributed by atoms with van der Waals surface area (Å²) in [4.78, 5) is 0. The van der Waals surface area contributed by atoms with E-state index in [2.05, 4.69) is 30.3 Å². The fraction of sp³-hybridized carbons (Fsp3) is 0.438. The van der Waals surface area contributed by atoms with Crippen LogP contribution in [0.5, 0.6) is 5.75 Å². The number of hydrogen-bond acceptors (Lipinski definition) is 3. The van der Waals surface area contributed by atoms with E-state index in [-0.39, 0.29) is 6.04 Å². The molecule has 0 aliphatic carbocycles. The summed E-state index contributed by atoms with van der Waals surface area (Å²) in [5, 5.41) is 7.83. The second-order valence-electron chi connectivity index (χ2n) is 4.95. The first-order valence-electron chi connectivity index (χ1n) is 7.06. The Morgan fingerprint density at radius 2 is 2.10 bits per heavy atom. The third kappa shape index (κ3) is 3.20. The number of ether oxygens (including phenoxy) is 1. The van der Waals surface area contributed by atoms with Crippen LogP contribution in [0.4, 0.5) is 0 Å². The maximum atomic E-state index is 5.65. The van der Waals surface area contributed by atoms with Gasteiger partial charge in [-0.15, -0.1) is 0 Å². The van der Waals surface area contributed by atoms with E-state index in [9.17, 15) is 0 Å². The number of benzene rings is 1. The van der Waals surface area contributed by atoms with Gasteiger partial charge in [0, 0.05) is 36.5 Å². The summed E-state index contributed by atoms with van der Waals surface area (Å²) in [5.41, 5.74) is 3.62. The lowest BCUT2D eigenvalue weighted by Gasteiger charge is -2.16. The minimum Gasteiger partial charge on any atom is -0.494 e. The SMILES string of the molecule is CCOc1ccccc1CNC(C)c1cnn(C)c1C. The highest BCUT2D eigenvalue weighted by Crippen LogP contribution is 2.20. The number of rotatable bonds is 6. The standard InChI is InChI=1S/C16H23N3O/c1-5-20-16-9-7-6-8-14(16)10-17-12(2)15-11-18-19(4)13(15)3/h6-9,11-12,17H,5,10H2,1-4H3. The lowest BCUT2D eigenvalue weighted by atomic mass is 10.1. The van der Waals surface area contributed by atoms with Gasteiger partial charge in [-0.05, 0) is 26.8 Å². The van der Waals surface area contributed by atoms with Crippen molar-refractivity contribution >= 4 is 0 Å². The van der Waals surface area contributed by atoms with E-state index < -0.39 is 0 Å². The molecular formula is C16H23N3O. The number of para-hydroxylation sites is 1. The molecule has 1 N–H and O–H groups in total. The van der Waals surface area contributed by atoms with Gasteiger partial charge in [0.25, 0.3) is 0 Å². The second-order valence-corrected chi connectivity index (χ2v) is 4.95. The largest absolute Gasteiger partial charge is 0.494 e. The Morgan fingerprint density at radius 3 is 2.75 bits per heavy atom. The van der Waals surface area contributed by atoms with Crippen LogP contribution in [-0.4, -0.2) is 16.4 Å². The van der Waals surface area contributed by atoms with E-state index in [1.165, 1.54) is 16.8 Å². The highest BCUT2D eigenvalue weighted by atomic mass is 16.5. The molecule has 0 saturated carbocycles. The predicted octanol–water partition coefficient (Wildman–Crippen LogP) is 2.98. The van der Waals surface area contributed by atoms with Gasteiger partial charge in [0.1, 0.15) is 5.75 Å². The second kappa shape index (κ2) is 6.57. The lowest BCUT2D eigenvalue weighted by molar-refractivity contribution is 0.335. The maximum absolute atomic E-state index is 5.65. The fourth-order valence-corrected chi connectivity index (χ4v) is 2.26. The molecule has 2 rings (SSSR count). The van der Waals surface area contributed by atoms with Gasteiger partial charge in [-0.25, -0.2) is 0 Å². The molecule has 0 spiro atoms. The molecule has 0 aliphatic rings. The summed E-state index contributed by atoms with van der Waals surface area (Å²) >= 11 is 0. The average Bonchev–Trinajstić information content (AvgIpc) is 2.78. The number of nitrogens with zero attached hydrogens (tertiary/aromatic N) is 2. The zero-order valence-corrected chi connectivity index (χ0v) is 12.7. The van der Waals surface area contributed by atoms with Gasteiger partial charge in [0.2, 0.25) is 0 Å². The van der Waals surface area contributed by atoms with Gasteiger partial charge in [0.15, 0.2) is 0 Å². The first kappa shape index (κ1) is 14.6. The lowest BCUT2D eigenvalue weighted by Crippen LogP contribution is -2.19. The molecule has 4 heteroatoms. The van der Waals surface area contributed by atoms with E-state index >= 15 is 0 Å². The molecule has 0 bridgehead atoms. The molecule has 20 heavy (non-hydrogen) atoms. The van der Waals surface area contributed by atoms with E-state index in [0.717, 1.165) is 12.3 Å². The van der Waals surface area contributed by atoms with Crippen LogP contribution in [0.25, 0.3) is 0 Å². The quantitative estimate of drug-likeness (QED) is 0.879. The summed E-state index contributed by atoms with van der Waals surface area (Å²) in [5.74, 6) is 0.956. The zero-order valence-electron chi connectivity index (χ0n) is 12.7. The summed E-state index contributed by atoms with van der Waals surface area (Å²) in [6.45, 7) is 7.73. The molecule has 1 aromatic carbocycles. The number of nitrogens with one attached hydrogen (secondary N) is 1. The number of hydrogen-bond donors (Lipinski definition) is 1. The normalized spacial score (nSPS) is 12.4. The smallest absolute Gasteiger partial charge is 0.123 e. The molecule has 0 aliphatic heterocycles. The van der Waals surface area contributed by atoms with Crippen LogP contribution in [-0.2, 0) is 13.6 Å². The van der Waals surface area contributed by atoms with Crippen molar-refractivity contribution in [2.24, 2.45) is 7.05 Å². The molecule has 108 valence electrons. The summed E-state index contributed by atoms with van der Waals surface area (Å²) < 4.78 is 7.55. The predicted molar refractivity (Wildman–Crippen MR) is 80.8 cm³/mol. The van der Waals surface area contributed by atoms with Crippen LogP contribution < -0.4 is 10.1 Å². The molecule has 1 heterocycles. The molecule has 2 aromatic rings. The molecule has 0 amide bonds. The molecule has 4 nitrogen and oxygen atoms in total. The zero-order chi connectivity index (χ0) is 14.5. The topological polar surface area (TPSA) is 39.1 Å². The minimum absolute atomic E-state index is 0.262. The monoisotopic (exact) mass is 273 g/mol. The average molecular weight is 273 g/mol. The molecule has 0 fully saturated rings. The van der Waals surface area contributed by atoms with Crippen LogP contribution in [0, 0.1) is 6.92 Å². The van der Waals surface area contributed by atoms with Crippen LogP contribution in [0.2, 0.25) is 0 Å². The van der Waals surface area contributed by atoms with Gasteiger partial charge in [-0.2, -0.15) is 5.10 Å². The summed E-state index contributed by atoms with van der Waals surface area (Å²) in [6, 6.07) is 8.42. The van der Waals surface area contributed by atoms with E-state index in [1.54, 1.807) is 0 Å². The Morgan fingerprint density at radius 1 is 1.35 bits per heavy atom. The Bertz CT molecular complexity index is 563. The van der Waals surface area contributed by atoms with Crippen molar-refractivity contribution in [1.82, 2.24) is 15.1 Å². The maximum Gasteiger partial charge on any atom is 0.123 e. The van der Waals surface area contributed by atoms with Gasteiger partial charge < -0.3 is 10.1 Å². The first-order chi connectivity index (χ1) is 9.63. The van der Waals surface area contributed by atoms with Crippen molar-refractivity contribution < 1.29 is 4.74 Å². The van der Waals surface area contributed by atoms with Crippen molar-refractivity contribution in [3.8, 4) is 5.75 Å². The molecular weight excluding hydrogens is 250 g/mol. The van der Waals surface area contributed by atoms with Crippen LogP contribution in [0.1, 0.15) is 36.7 Å². The molecule has 0 radical (unpaired) electrons. The third-order valence-corrected chi connectivity index (χ3v) is 3.61. The minimum atomic E-state index is 0.262. The Hall–Kier alpha value is -1.81. The van der Waals surface area contributed by atoms with Crippen molar-refractivity contribution in [1.29, 1.82) is 0 Å². The first-order valence-corrected chi connectivity index (χ1v) is 7.06. The van der Waals surface area contributed by atoms with Crippen molar-refractivity contribution in [3.05, 3.63) is 47.3 Å². The highest BCUT2D eigenvalue weighted by Gasteiger charge is 2.12. The van der Waals surface area contributed by atoms with E-state index in [0.29, 0.717) is 6.61 Å². The van der Waals surface area contributed by atoms with Crippen LogP contribution in [0.15, 0.2) is 30.5 Å². The van der Waals surface area contributed by atoms with Crippen LogP contribution in [0.3, 0.4) is 0 Å². The number of aromatic nitrogens is 2. The Balaban J connectivity index is 2.03. The van der Waals surface area contributed by atoms with E-state index in [1.807, 2.05) is 43.0 Å². The van der Waals surface area contributed by atoms with Gasteiger partial charge in [0.05, 0.1) is 12.8 Å². The Kier molecular flexibility index (Phi) is 4.79. The molecule has 1 unspecified atom stereocenters. The van der Waals surface area contributed by atoms with Gasteiger partial charge >= 0.3 is 0 Å². The molecule has 0 saturated heterocycles. The van der Waals surface area contributed by atoms with Crippen LogP contribution >= 0.6 is 0 Å². The van der Waals surface area contributed by atoms with Crippen molar-refractivity contribution in [2.75, 3.05) is 6.61 Å². The fourth-order valence-electron chi connectivity index (χ4n) is 2.26. The van der Waals surface area contributed by atoms with Crippen molar-refractivity contribution in [2.45, 2.75) is 33.4 Å². The van der Waals surface area contributed by atoms with Gasteiger partial charge in [-0.3, -0.25) is 4.68 Å². The summed E-state index contributed by atoms with van der Waals surface area (Å²) in [7, 11) is 1.97. The third-order valence-electron chi connectivity index (χ3n) is 3.61. The van der Waals surface area contributed by atoms with E-state index in [4.69, 9.17) is 4.74 Å². The highest BCUT2D eigenvalue weighted by molar-refractivity contribution is 5.33. The molecule has 1 atom stereocenters. The summed E-state index contributed by atoms with van der Waals surface area (Å²) in [6.07, 6.45) is 1.93. The van der Waals surface area contributed by atoms with Gasteiger partial charge in [-0.1, -0.05) is 18.2 Å². The number of aryl methyl sites for hydroxylation is 1.